The van der Waals surface area contributed by atoms with Crippen molar-refractivity contribution in [2.24, 2.45) is 17.1 Å². The number of hydrogen-bond acceptors (Lipinski definition) is 4. The summed E-state index contributed by atoms with van der Waals surface area (Å²) < 4.78 is 5.92. The lowest BCUT2D eigenvalue weighted by atomic mass is 9.69. The second-order valence-corrected chi connectivity index (χ2v) is 7.13. The van der Waals surface area contributed by atoms with Crippen LogP contribution in [0.4, 0.5) is 0 Å². The number of ether oxygens (including phenoxy) is 1. The fourth-order valence-corrected chi connectivity index (χ4v) is 3.19. The standard InChI is InChI=1S/C18H27NO3/c1-18(2,9-14(19)11-20)10-15-16(21)8-17(15)22-12-13-6-4-3-5-7-13/h3-7,14-15,17,20H,8-12,19H2,1-2H3/t14-,15?,17?/m1/s1. The van der Waals surface area contributed by atoms with Crippen LogP contribution in [0, 0.1) is 11.3 Å². The summed E-state index contributed by atoms with van der Waals surface area (Å²) in [6.45, 7) is 4.73. The van der Waals surface area contributed by atoms with Gasteiger partial charge in [-0.25, -0.2) is 0 Å². The minimum atomic E-state index is -0.228. The molecule has 3 atom stereocenters. The second kappa shape index (κ2) is 7.36. The van der Waals surface area contributed by atoms with Crippen LogP contribution in [0.2, 0.25) is 0 Å². The van der Waals surface area contributed by atoms with Gasteiger partial charge in [0, 0.05) is 18.4 Å². The Morgan fingerprint density at radius 1 is 1.36 bits per heavy atom. The van der Waals surface area contributed by atoms with Gasteiger partial charge in [0.15, 0.2) is 0 Å². The first kappa shape index (κ1) is 17.1. The smallest absolute Gasteiger partial charge is 0.141 e. The number of ketones is 1. The average Bonchev–Trinajstić information content (AvgIpc) is 2.49. The quantitative estimate of drug-likeness (QED) is 0.773. The molecule has 0 bridgehead atoms. The van der Waals surface area contributed by atoms with Crippen LogP contribution in [0.1, 0.15) is 38.7 Å². The molecule has 0 aliphatic heterocycles. The first-order valence-corrected chi connectivity index (χ1v) is 7.96. The van der Waals surface area contributed by atoms with Gasteiger partial charge >= 0.3 is 0 Å². The van der Waals surface area contributed by atoms with E-state index in [1.165, 1.54) is 0 Å². The van der Waals surface area contributed by atoms with E-state index < -0.39 is 0 Å². The molecule has 2 unspecified atom stereocenters. The number of rotatable bonds is 8. The number of carbonyl (C=O) groups is 1. The molecule has 1 aromatic rings. The van der Waals surface area contributed by atoms with Crippen molar-refractivity contribution in [3.8, 4) is 0 Å². The van der Waals surface area contributed by atoms with Gasteiger partial charge < -0.3 is 15.6 Å². The maximum absolute atomic E-state index is 11.9. The van der Waals surface area contributed by atoms with E-state index >= 15 is 0 Å². The van der Waals surface area contributed by atoms with Crippen LogP contribution >= 0.6 is 0 Å². The van der Waals surface area contributed by atoms with Crippen molar-refractivity contribution < 1.29 is 14.6 Å². The minimum absolute atomic E-state index is 0.0114. The predicted molar refractivity (Wildman–Crippen MR) is 86.2 cm³/mol. The summed E-state index contributed by atoms with van der Waals surface area (Å²) in [6.07, 6.45) is 1.99. The monoisotopic (exact) mass is 305 g/mol. The molecular weight excluding hydrogens is 278 g/mol. The minimum Gasteiger partial charge on any atom is -0.395 e. The van der Waals surface area contributed by atoms with E-state index in [1.54, 1.807) is 0 Å². The summed E-state index contributed by atoms with van der Waals surface area (Å²) >= 11 is 0. The van der Waals surface area contributed by atoms with Crippen LogP contribution in [0.3, 0.4) is 0 Å². The molecule has 2 rings (SSSR count). The van der Waals surface area contributed by atoms with Crippen molar-refractivity contribution in [3.63, 3.8) is 0 Å². The molecule has 0 spiro atoms. The molecule has 1 aliphatic rings. The molecule has 1 saturated carbocycles. The lowest BCUT2D eigenvalue weighted by Crippen LogP contribution is -2.46. The Kier molecular flexibility index (Phi) is 5.73. The van der Waals surface area contributed by atoms with E-state index in [1.807, 2.05) is 30.3 Å². The number of hydrogen-bond donors (Lipinski definition) is 2. The topological polar surface area (TPSA) is 72.5 Å². The molecule has 3 N–H and O–H groups in total. The highest BCUT2D eigenvalue weighted by Gasteiger charge is 2.43. The van der Waals surface area contributed by atoms with E-state index in [-0.39, 0.29) is 35.9 Å². The third-order valence-corrected chi connectivity index (χ3v) is 4.39. The molecule has 1 aromatic carbocycles. The molecule has 0 heterocycles. The molecule has 122 valence electrons. The van der Waals surface area contributed by atoms with Crippen LogP contribution in [-0.4, -0.2) is 29.6 Å². The highest BCUT2D eigenvalue weighted by molar-refractivity contribution is 5.88. The molecule has 22 heavy (non-hydrogen) atoms. The summed E-state index contributed by atoms with van der Waals surface area (Å²) in [4.78, 5) is 11.9. The molecule has 0 saturated heterocycles. The third-order valence-electron chi connectivity index (χ3n) is 4.39. The molecule has 4 heteroatoms. The average molecular weight is 305 g/mol. The van der Waals surface area contributed by atoms with E-state index in [2.05, 4.69) is 13.8 Å². The Hall–Kier alpha value is -1.23. The molecule has 0 radical (unpaired) electrons. The zero-order chi connectivity index (χ0) is 16.2. The van der Waals surface area contributed by atoms with Crippen molar-refractivity contribution in [3.05, 3.63) is 35.9 Å². The Balaban J connectivity index is 1.85. The van der Waals surface area contributed by atoms with Crippen LogP contribution in [0.25, 0.3) is 0 Å². The molecule has 1 fully saturated rings. The highest BCUT2D eigenvalue weighted by Crippen LogP contribution is 2.39. The van der Waals surface area contributed by atoms with E-state index in [0.29, 0.717) is 19.4 Å². The van der Waals surface area contributed by atoms with Gasteiger partial charge in [-0.2, -0.15) is 0 Å². The van der Waals surface area contributed by atoms with Gasteiger partial charge in [0.25, 0.3) is 0 Å². The van der Waals surface area contributed by atoms with Crippen LogP contribution in [-0.2, 0) is 16.1 Å². The number of Topliss-reactive ketones (excluding diaryl/α,β-unsaturated/α-hetero) is 1. The maximum atomic E-state index is 11.9. The van der Waals surface area contributed by atoms with Crippen LogP contribution < -0.4 is 5.73 Å². The molecule has 4 nitrogen and oxygen atoms in total. The Morgan fingerprint density at radius 2 is 2.05 bits per heavy atom. The Labute approximate surface area is 132 Å². The van der Waals surface area contributed by atoms with E-state index in [9.17, 15) is 4.79 Å². The summed E-state index contributed by atoms with van der Waals surface area (Å²) in [7, 11) is 0. The number of aliphatic hydroxyl groups excluding tert-OH is 1. The van der Waals surface area contributed by atoms with Gasteiger partial charge in [0.05, 0.1) is 19.3 Å². The van der Waals surface area contributed by atoms with Gasteiger partial charge in [-0.05, 0) is 23.8 Å². The molecule has 1 aliphatic carbocycles. The summed E-state index contributed by atoms with van der Waals surface area (Å²) in [5.74, 6) is 0.244. The summed E-state index contributed by atoms with van der Waals surface area (Å²) in [5, 5.41) is 9.10. The first-order valence-electron chi connectivity index (χ1n) is 7.96. The number of benzene rings is 1. The summed E-state index contributed by atoms with van der Waals surface area (Å²) in [5.41, 5.74) is 6.89. The zero-order valence-corrected chi connectivity index (χ0v) is 13.5. The van der Waals surface area contributed by atoms with Crippen molar-refractivity contribution in [1.29, 1.82) is 0 Å². The largest absolute Gasteiger partial charge is 0.395 e. The van der Waals surface area contributed by atoms with E-state index in [4.69, 9.17) is 15.6 Å². The zero-order valence-electron chi connectivity index (χ0n) is 13.5. The fourth-order valence-electron chi connectivity index (χ4n) is 3.19. The van der Waals surface area contributed by atoms with Gasteiger partial charge in [-0.15, -0.1) is 0 Å². The Morgan fingerprint density at radius 3 is 2.64 bits per heavy atom. The third kappa shape index (κ3) is 4.63. The van der Waals surface area contributed by atoms with Gasteiger partial charge in [0.2, 0.25) is 0 Å². The highest BCUT2D eigenvalue weighted by atomic mass is 16.5. The normalized spacial score (nSPS) is 23.2. The second-order valence-electron chi connectivity index (χ2n) is 7.13. The van der Waals surface area contributed by atoms with Gasteiger partial charge in [0.1, 0.15) is 5.78 Å². The Bertz CT molecular complexity index is 486. The first-order chi connectivity index (χ1) is 10.4. The van der Waals surface area contributed by atoms with Crippen molar-refractivity contribution in [2.45, 2.75) is 51.9 Å². The number of carbonyl (C=O) groups excluding carboxylic acids is 1. The lowest BCUT2D eigenvalue weighted by Gasteiger charge is -2.40. The van der Waals surface area contributed by atoms with Crippen molar-refractivity contribution >= 4 is 5.78 Å². The lowest BCUT2D eigenvalue weighted by molar-refractivity contribution is -0.149. The van der Waals surface area contributed by atoms with Crippen LogP contribution in [0.15, 0.2) is 30.3 Å². The number of aliphatic hydroxyl groups is 1. The van der Waals surface area contributed by atoms with Gasteiger partial charge in [-0.1, -0.05) is 44.2 Å². The van der Waals surface area contributed by atoms with E-state index in [0.717, 1.165) is 12.0 Å². The van der Waals surface area contributed by atoms with Crippen molar-refractivity contribution in [1.82, 2.24) is 0 Å². The number of nitrogens with two attached hydrogens (primary N) is 1. The van der Waals surface area contributed by atoms with Crippen molar-refractivity contribution in [2.75, 3.05) is 6.61 Å². The van der Waals surface area contributed by atoms with Crippen LogP contribution in [0.5, 0.6) is 0 Å². The molecule has 0 amide bonds. The SMILES string of the molecule is CC(C)(CC1C(=O)CC1OCc1ccccc1)C[C@@H](N)CO. The molecule has 0 aromatic heterocycles. The maximum Gasteiger partial charge on any atom is 0.141 e. The fraction of sp³-hybridized carbons (Fsp3) is 0.611. The summed E-state index contributed by atoms with van der Waals surface area (Å²) in [6, 6.07) is 9.78. The van der Waals surface area contributed by atoms with Gasteiger partial charge in [-0.3, -0.25) is 4.79 Å². The molecular formula is C18H27NO3. The predicted octanol–water partition coefficient (Wildman–Crippen LogP) is 2.29.